The average Bonchev–Trinajstić information content (AvgIpc) is 1.85. The van der Waals surface area contributed by atoms with Gasteiger partial charge in [-0.3, -0.25) is 0 Å². The van der Waals surface area contributed by atoms with E-state index >= 15 is 0 Å². The molecule has 1 fully saturated rings. The Hall–Kier alpha value is 0.440. The third kappa shape index (κ3) is 3.57. The Morgan fingerprint density at radius 1 is 1.55 bits per heavy atom. The second kappa shape index (κ2) is 4.46. The summed E-state index contributed by atoms with van der Waals surface area (Å²) in [5.41, 5.74) is 0. The fourth-order valence-corrected chi connectivity index (χ4v) is 2.41. The van der Waals surface area contributed by atoms with Gasteiger partial charge in [0.05, 0.1) is 0 Å². The molecule has 1 aliphatic rings. The minimum absolute atomic E-state index is 0.745. The van der Waals surface area contributed by atoms with Crippen molar-refractivity contribution in [3.8, 4) is 0 Å². The van der Waals surface area contributed by atoms with Crippen molar-refractivity contribution < 1.29 is 0 Å². The molecule has 0 spiro atoms. The van der Waals surface area contributed by atoms with Gasteiger partial charge in [0, 0.05) is 17.9 Å². The number of nitrogens with zero attached hydrogens (tertiary/aromatic N) is 1. The summed E-state index contributed by atoms with van der Waals surface area (Å²) >= 11 is 3.68. The van der Waals surface area contributed by atoms with Gasteiger partial charge in [0.1, 0.15) is 0 Å². The maximum Gasteiger partial charge on any atom is 0.0273 e. The third-order valence-corrected chi connectivity index (χ3v) is 2.82. The topological polar surface area (TPSA) is 3.24 Å². The standard InChI is InChI=1S/C9H18BrN/c1-8(2)6-11-5-3-4-9(10)7-11/h8-9H,3-7H2,1-2H3. The maximum atomic E-state index is 3.68. The van der Waals surface area contributed by atoms with Crippen LogP contribution in [0.25, 0.3) is 0 Å². The van der Waals surface area contributed by atoms with E-state index in [1.807, 2.05) is 0 Å². The summed E-state index contributed by atoms with van der Waals surface area (Å²) in [5.74, 6) is 0.813. The molecule has 0 aromatic heterocycles. The van der Waals surface area contributed by atoms with E-state index < -0.39 is 0 Å². The first-order valence-corrected chi connectivity index (χ1v) is 5.46. The molecule has 0 bridgehead atoms. The van der Waals surface area contributed by atoms with E-state index in [0.717, 1.165) is 10.7 Å². The molecule has 0 amide bonds. The minimum atomic E-state index is 0.745. The zero-order valence-electron chi connectivity index (χ0n) is 7.52. The van der Waals surface area contributed by atoms with Crippen molar-refractivity contribution in [2.45, 2.75) is 31.5 Å². The van der Waals surface area contributed by atoms with Crippen molar-refractivity contribution in [3.05, 3.63) is 0 Å². The van der Waals surface area contributed by atoms with E-state index in [2.05, 4.69) is 34.7 Å². The van der Waals surface area contributed by atoms with E-state index in [9.17, 15) is 0 Å². The second-order valence-corrected chi connectivity index (χ2v) is 5.19. The van der Waals surface area contributed by atoms with Crippen LogP contribution in [-0.4, -0.2) is 29.4 Å². The Labute approximate surface area is 78.3 Å². The summed E-state index contributed by atoms with van der Waals surface area (Å²) in [5, 5.41) is 0. The molecule has 1 nitrogen and oxygen atoms in total. The molecule has 1 aliphatic heterocycles. The number of alkyl halides is 1. The van der Waals surface area contributed by atoms with Gasteiger partial charge in [-0.15, -0.1) is 0 Å². The van der Waals surface area contributed by atoms with Crippen molar-refractivity contribution >= 4 is 15.9 Å². The largest absolute Gasteiger partial charge is 0.302 e. The molecular formula is C9H18BrN. The first-order valence-electron chi connectivity index (χ1n) is 4.55. The lowest BCUT2D eigenvalue weighted by atomic mass is 10.1. The van der Waals surface area contributed by atoms with E-state index in [1.165, 1.54) is 32.5 Å². The number of piperidine rings is 1. The highest BCUT2D eigenvalue weighted by Gasteiger charge is 2.17. The van der Waals surface area contributed by atoms with Crippen LogP contribution < -0.4 is 0 Å². The average molecular weight is 220 g/mol. The van der Waals surface area contributed by atoms with Crippen LogP contribution in [-0.2, 0) is 0 Å². The number of rotatable bonds is 2. The molecule has 0 saturated carbocycles. The highest BCUT2D eigenvalue weighted by atomic mass is 79.9. The normalized spacial score (nSPS) is 27.8. The molecule has 11 heavy (non-hydrogen) atoms. The molecule has 0 N–H and O–H groups in total. The lowest BCUT2D eigenvalue weighted by molar-refractivity contribution is 0.212. The second-order valence-electron chi connectivity index (χ2n) is 3.89. The van der Waals surface area contributed by atoms with Gasteiger partial charge in [-0.2, -0.15) is 0 Å². The molecule has 1 atom stereocenters. The van der Waals surface area contributed by atoms with Crippen LogP contribution in [0.15, 0.2) is 0 Å². The molecule has 0 radical (unpaired) electrons. The summed E-state index contributed by atoms with van der Waals surface area (Å²) in [7, 11) is 0. The predicted octanol–water partition coefficient (Wildman–Crippen LogP) is 2.50. The van der Waals surface area contributed by atoms with E-state index in [-0.39, 0.29) is 0 Å². The van der Waals surface area contributed by atoms with Gasteiger partial charge in [-0.1, -0.05) is 29.8 Å². The summed E-state index contributed by atoms with van der Waals surface area (Å²) in [6.45, 7) is 8.40. The van der Waals surface area contributed by atoms with Gasteiger partial charge in [0.15, 0.2) is 0 Å². The van der Waals surface area contributed by atoms with Crippen LogP contribution >= 0.6 is 15.9 Å². The Balaban J connectivity index is 2.23. The first kappa shape index (κ1) is 9.53. The van der Waals surface area contributed by atoms with Crippen LogP contribution in [0.3, 0.4) is 0 Å². The van der Waals surface area contributed by atoms with Crippen molar-refractivity contribution in [1.82, 2.24) is 4.90 Å². The van der Waals surface area contributed by atoms with Crippen LogP contribution in [0.4, 0.5) is 0 Å². The van der Waals surface area contributed by atoms with Crippen molar-refractivity contribution in [3.63, 3.8) is 0 Å². The molecule has 2 heteroatoms. The Morgan fingerprint density at radius 3 is 2.82 bits per heavy atom. The molecule has 0 aromatic carbocycles. The number of likely N-dealkylation sites (tertiary alicyclic amines) is 1. The van der Waals surface area contributed by atoms with Crippen LogP contribution in [0.5, 0.6) is 0 Å². The molecule has 66 valence electrons. The van der Waals surface area contributed by atoms with Gasteiger partial charge >= 0.3 is 0 Å². The highest BCUT2D eigenvalue weighted by Crippen LogP contribution is 2.17. The van der Waals surface area contributed by atoms with Crippen LogP contribution in [0.1, 0.15) is 26.7 Å². The fraction of sp³-hybridized carbons (Fsp3) is 1.00. The number of hydrogen-bond acceptors (Lipinski definition) is 1. The predicted molar refractivity (Wildman–Crippen MR) is 53.2 cm³/mol. The quantitative estimate of drug-likeness (QED) is 0.646. The summed E-state index contributed by atoms with van der Waals surface area (Å²) in [6.07, 6.45) is 2.72. The number of halogens is 1. The fourth-order valence-electron chi connectivity index (χ4n) is 1.68. The Bertz CT molecular complexity index is 112. The lowest BCUT2D eigenvalue weighted by Crippen LogP contribution is -2.37. The van der Waals surface area contributed by atoms with E-state index in [4.69, 9.17) is 0 Å². The zero-order valence-corrected chi connectivity index (χ0v) is 9.10. The summed E-state index contributed by atoms with van der Waals surface area (Å²) < 4.78 is 0. The molecule has 1 heterocycles. The smallest absolute Gasteiger partial charge is 0.0273 e. The molecule has 0 aromatic rings. The van der Waals surface area contributed by atoms with Gasteiger partial charge < -0.3 is 4.90 Å². The van der Waals surface area contributed by atoms with E-state index in [0.29, 0.717) is 0 Å². The van der Waals surface area contributed by atoms with E-state index in [1.54, 1.807) is 0 Å². The third-order valence-electron chi connectivity index (χ3n) is 2.07. The lowest BCUT2D eigenvalue weighted by Gasteiger charge is -2.31. The Kier molecular flexibility index (Phi) is 3.86. The molecule has 1 saturated heterocycles. The van der Waals surface area contributed by atoms with Gasteiger partial charge in [0.2, 0.25) is 0 Å². The van der Waals surface area contributed by atoms with Crippen molar-refractivity contribution in [2.75, 3.05) is 19.6 Å². The van der Waals surface area contributed by atoms with Gasteiger partial charge in [-0.25, -0.2) is 0 Å². The molecule has 1 unspecified atom stereocenters. The summed E-state index contributed by atoms with van der Waals surface area (Å²) in [4.78, 5) is 3.31. The molecule has 1 rings (SSSR count). The monoisotopic (exact) mass is 219 g/mol. The van der Waals surface area contributed by atoms with Crippen LogP contribution in [0.2, 0.25) is 0 Å². The van der Waals surface area contributed by atoms with Gasteiger partial charge in [-0.05, 0) is 25.3 Å². The van der Waals surface area contributed by atoms with Crippen LogP contribution in [0, 0.1) is 5.92 Å². The maximum absolute atomic E-state index is 3.68. The molecular weight excluding hydrogens is 202 g/mol. The highest BCUT2D eigenvalue weighted by molar-refractivity contribution is 9.09. The van der Waals surface area contributed by atoms with Crippen molar-refractivity contribution in [2.24, 2.45) is 5.92 Å². The first-order chi connectivity index (χ1) is 5.18. The molecule has 0 aliphatic carbocycles. The SMILES string of the molecule is CC(C)CN1CCCC(Br)C1. The summed E-state index contributed by atoms with van der Waals surface area (Å²) in [6, 6.07) is 0. The number of hydrogen-bond donors (Lipinski definition) is 0. The zero-order chi connectivity index (χ0) is 8.27. The van der Waals surface area contributed by atoms with Gasteiger partial charge in [0.25, 0.3) is 0 Å². The minimum Gasteiger partial charge on any atom is -0.302 e. The van der Waals surface area contributed by atoms with Crippen molar-refractivity contribution in [1.29, 1.82) is 0 Å². The Morgan fingerprint density at radius 2 is 2.27 bits per heavy atom.